The van der Waals surface area contributed by atoms with Gasteiger partial charge in [-0.05, 0) is 0 Å². The summed E-state index contributed by atoms with van der Waals surface area (Å²) < 4.78 is 8.74. The van der Waals surface area contributed by atoms with Crippen LogP contribution in [0, 0.1) is 0 Å². The molecule has 7 heavy (non-hydrogen) atoms. The molecule has 6 N–H and O–H groups in total. The highest BCUT2D eigenvalue weighted by molar-refractivity contribution is 6.22. The average molecular weight is 144 g/mol. The molecule has 0 aromatic carbocycles. The van der Waals surface area contributed by atoms with Crippen molar-refractivity contribution < 1.29 is 25.0 Å². The van der Waals surface area contributed by atoms with Crippen molar-refractivity contribution in [2.45, 2.75) is 0 Å². The Labute approximate surface area is 52.2 Å². The lowest BCUT2D eigenvalue weighted by molar-refractivity contribution is 0.330. The average Bonchev–Trinajstić information content (AvgIpc) is 0.811. The van der Waals surface area contributed by atoms with Gasteiger partial charge in [-0.1, -0.05) is 0 Å². The second kappa shape index (κ2) is 16.6. The Kier molecular flexibility index (Phi) is 65.4. The van der Waals surface area contributed by atoms with Gasteiger partial charge in [-0.2, -0.15) is 0 Å². The molecule has 0 aliphatic carbocycles. The van der Waals surface area contributed by atoms with Gasteiger partial charge in [0.25, 0.3) is 0 Å². The second-order valence-corrected chi connectivity index (χ2v) is 0.848. The summed E-state index contributed by atoms with van der Waals surface area (Å²) in [7, 11) is -3.13. The van der Waals surface area contributed by atoms with Gasteiger partial charge >= 0.3 is 9.17 Å². The van der Waals surface area contributed by atoms with Crippen LogP contribution >= 0.6 is 0 Å². The van der Waals surface area contributed by atoms with E-state index >= 15 is 0 Å². The van der Waals surface area contributed by atoms with Crippen LogP contribution < -0.4 is 0 Å². The molecule has 0 unspecified atom stereocenters. The topological polar surface area (TPSA) is 121 Å². The van der Waals surface area contributed by atoms with Crippen molar-refractivity contribution in [2.24, 2.45) is 0 Å². The Morgan fingerprint density at radius 2 is 1.14 bits per heavy atom. The van der Waals surface area contributed by atoms with Crippen molar-refractivity contribution in [2.75, 3.05) is 0 Å². The molecule has 0 rings (SSSR count). The molecule has 0 bridgehead atoms. The Balaban J connectivity index is -0.0000000150. The molecule has 46 valence electrons. The van der Waals surface area contributed by atoms with Crippen LogP contribution in [-0.4, -0.2) is 47.1 Å². The third kappa shape index (κ3) is 20900. The predicted molar refractivity (Wildman–Crippen MR) is 28.0 cm³/mol. The Hall–Kier alpha value is 0.0694. The maximum Gasteiger partial charge on any atom is 0.761 e. The lowest BCUT2D eigenvalue weighted by Gasteiger charge is -1.55. The van der Waals surface area contributed by atoms with Crippen LogP contribution in [0.1, 0.15) is 0 Å². The normalized spacial score (nSPS) is 3.43. The molecular formula is H9AlO5Si. The van der Waals surface area contributed by atoms with Crippen LogP contribution in [-0.2, 0) is 4.46 Å². The summed E-state index contributed by atoms with van der Waals surface area (Å²) in [6.07, 6.45) is 0. The number of hydrogen-bond acceptors (Lipinski definition) is 1. The minimum absolute atomic E-state index is 0. The van der Waals surface area contributed by atoms with Gasteiger partial charge in [-0.3, -0.25) is 4.46 Å². The SMILES string of the molecule is O.O.O=[Si](O)O.[AlH3]. The fourth-order valence-electron chi connectivity index (χ4n) is 0. The van der Waals surface area contributed by atoms with Gasteiger partial charge in [0.05, 0.1) is 0 Å². The molecule has 0 atom stereocenters. The zero-order valence-corrected chi connectivity index (χ0v) is 3.80. The minimum Gasteiger partial charge on any atom is -0.511 e. The van der Waals surface area contributed by atoms with Crippen LogP contribution in [0.3, 0.4) is 0 Å². The maximum atomic E-state index is 8.74. The highest BCUT2D eigenvalue weighted by Crippen LogP contribution is 1.27. The Morgan fingerprint density at radius 1 is 1.14 bits per heavy atom. The highest BCUT2D eigenvalue weighted by Gasteiger charge is 1.85. The van der Waals surface area contributed by atoms with Gasteiger partial charge < -0.3 is 20.5 Å². The van der Waals surface area contributed by atoms with Gasteiger partial charge in [0, 0.05) is 0 Å². The zero-order chi connectivity index (χ0) is 3.58. The zero-order valence-electron chi connectivity index (χ0n) is 2.80. The van der Waals surface area contributed by atoms with Crippen LogP contribution in [0.5, 0.6) is 0 Å². The standard InChI is InChI=1S/Al.H2O3Si.2H2O.3H/c;1-4(2)3;;;;;/h;1-2H;2*1H2;;;. The van der Waals surface area contributed by atoms with Crippen LogP contribution in [0.2, 0.25) is 0 Å². The van der Waals surface area contributed by atoms with Gasteiger partial charge in [0.1, 0.15) is 0 Å². The first-order valence-electron chi connectivity index (χ1n) is 0.651. The Morgan fingerprint density at radius 3 is 1.14 bits per heavy atom. The molecule has 0 aliphatic rings. The first kappa shape index (κ1) is 27.6. The van der Waals surface area contributed by atoms with Crippen molar-refractivity contribution in [3.63, 3.8) is 0 Å². The summed E-state index contributed by atoms with van der Waals surface area (Å²) in [4.78, 5) is 14.3. The molecule has 0 aromatic heterocycles. The summed E-state index contributed by atoms with van der Waals surface area (Å²) in [6.45, 7) is 0. The van der Waals surface area contributed by atoms with E-state index in [1.165, 1.54) is 0 Å². The summed E-state index contributed by atoms with van der Waals surface area (Å²) in [6, 6.07) is 0. The molecule has 0 fully saturated rings. The monoisotopic (exact) mass is 144 g/mol. The second-order valence-electron chi connectivity index (χ2n) is 0.283. The highest BCUT2D eigenvalue weighted by atomic mass is 28.3. The molecule has 0 saturated heterocycles. The van der Waals surface area contributed by atoms with E-state index in [1.54, 1.807) is 0 Å². The molecule has 0 aliphatic heterocycles. The van der Waals surface area contributed by atoms with Crippen molar-refractivity contribution in [3.8, 4) is 0 Å². The molecule has 5 nitrogen and oxygen atoms in total. The fraction of sp³-hybridized carbons (Fsp3) is 0. The van der Waals surface area contributed by atoms with Gasteiger partial charge in [0.2, 0.25) is 0 Å². The van der Waals surface area contributed by atoms with Gasteiger partial charge in [-0.15, -0.1) is 0 Å². The largest absolute Gasteiger partial charge is 0.761 e. The van der Waals surface area contributed by atoms with E-state index in [-0.39, 0.29) is 28.3 Å². The van der Waals surface area contributed by atoms with Crippen LogP contribution in [0.15, 0.2) is 0 Å². The van der Waals surface area contributed by atoms with E-state index in [0.29, 0.717) is 0 Å². The number of rotatable bonds is 0. The molecule has 0 heterocycles. The molecular weight excluding hydrogens is 135 g/mol. The summed E-state index contributed by atoms with van der Waals surface area (Å²) >= 11 is 0. The maximum absolute atomic E-state index is 8.74. The predicted octanol–water partition coefficient (Wildman–Crippen LogP) is -4.45. The summed E-state index contributed by atoms with van der Waals surface area (Å²) in [5.41, 5.74) is 0. The van der Waals surface area contributed by atoms with Crippen molar-refractivity contribution in [3.05, 3.63) is 0 Å². The van der Waals surface area contributed by atoms with E-state index in [0.717, 1.165) is 0 Å². The number of hydrogen-bond donors (Lipinski definition) is 2. The first-order chi connectivity index (χ1) is 1.73. The van der Waals surface area contributed by atoms with Gasteiger partial charge in [-0.25, -0.2) is 0 Å². The quantitative estimate of drug-likeness (QED) is 0.333. The van der Waals surface area contributed by atoms with E-state index in [9.17, 15) is 0 Å². The molecule has 0 aromatic rings. The van der Waals surface area contributed by atoms with Crippen LogP contribution in [0.25, 0.3) is 0 Å². The molecule has 0 radical (unpaired) electrons. The molecule has 0 spiro atoms. The van der Waals surface area contributed by atoms with Crippen molar-refractivity contribution >= 4 is 26.5 Å². The third-order valence-corrected chi connectivity index (χ3v) is 0. The summed E-state index contributed by atoms with van der Waals surface area (Å²) in [5.74, 6) is 0. The third-order valence-electron chi connectivity index (χ3n) is 0. The Bertz CT molecular complexity index is 31.1. The van der Waals surface area contributed by atoms with Gasteiger partial charge in [0.15, 0.2) is 17.4 Å². The molecule has 0 saturated carbocycles. The lowest BCUT2D eigenvalue weighted by atomic mass is 15.8. The molecule has 7 heteroatoms. The smallest absolute Gasteiger partial charge is 0.511 e. The van der Waals surface area contributed by atoms with E-state index in [4.69, 9.17) is 14.1 Å². The van der Waals surface area contributed by atoms with E-state index in [2.05, 4.69) is 0 Å². The summed E-state index contributed by atoms with van der Waals surface area (Å²) in [5, 5.41) is 0. The van der Waals surface area contributed by atoms with Crippen molar-refractivity contribution in [1.82, 2.24) is 0 Å². The van der Waals surface area contributed by atoms with E-state index < -0.39 is 9.17 Å². The molecule has 0 amide bonds. The van der Waals surface area contributed by atoms with E-state index in [1.807, 2.05) is 0 Å². The van der Waals surface area contributed by atoms with Crippen LogP contribution in [0.4, 0.5) is 0 Å². The van der Waals surface area contributed by atoms with Crippen molar-refractivity contribution in [1.29, 1.82) is 0 Å². The minimum atomic E-state index is -3.13. The first-order valence-corrected chi connectivity index (χ1v) is 1.95. The lowest BCUT2D eigenvalue weighted by Crippen LogP contribution is -1.90. The fourth-order valence-corrected chi connectivity index (χ4v) is 0.